The molecule has 0 N–H and O–H groups in total. The largest absolute Gasteiger partial charge is 0.342 e. The Labute approximate surface area is 193 Å². The minimum Gasteiger partial charge on any atom is -0.342 e. The van der Waals surface area contributed by atoms with Crippen molar-refractivity contribution < 1.29 is 9.18 Å². The van der Waals surface area contributed by atoms with E-state index in [1.165, 1.54) is 25.0 Å². The molecule has 5 rings (SSSR count). The number of amides is 1. The number of benzene rings is 1. The average molecular weight is 449 g/mol. The Morgan fingerprint density at radius 2 is 2.00 bits per heavy atom. The molecule has 1 amide bonds. The third kappa shape index (κ3) is 4.74. The van der Waals surface area contributed by atoms with Crippen LogP contribution in [-0.4, -0.2) is 56.7 Å². The summed E-state index contributed by atoms with van der Waals surface area (Å²) in [5.41, 5.74) is 3.56. The Hall–Kier alpha value is -3.29. The molecule has 1 atom stereocenters. The van der Waals surface area contributed by atoms with Gasteiger partial charge in [-0.05, 0) is 49.4 Å². The molecule has 1 aromatic carbocycles. The second-order valence-corrected chi connectivity index (χ2v) is 9.02. The molecule has 2 aliphatic rings. The van der Waals surface area contributed by atoms with Gasteiger partial charge in [0.25, 0.3) is 0 Å². The summed E-state index contributed by atoms with van der Waals surface area (Å²) < 4.78 is 15.4. The van der Waals surface area contributed by atoms with Crippen LogP contribution in [0.25, 0.3) is 11.3 Å². The lowest BCUT2D eigenvalue weighted by molar-refractivity contribution is -0.131. The van der Waals surface area contributed by atoms with Crippen molar-refractivity contribution in [2.75, 3.05) is 31.1 Å². The van der Waals surface area contributed by atoms with Gasteiger partial charge in [-0.2, -0.15) is 5.10 Å². The van der Waals surface area contributed by atoms with E-state index in [0.717, 1.165) is 55.4 Å². The van der Waals surface area contributed by atoms with E-state index in [4.69, 9.17) is 10.1 Å². The van der Waals surface area contributed by atoms with Gasteiger partial charge in [0, 0.05) is 57.1 Å². The summed E-state index contributed by atoms with van der Waals surface area (Å²) >= 11 is 0. The summed E-state index contributed by atoms with van der Waals surface area (Å²) in [6.45, 7) is 3.32. The third-order valence-electron chi connectivity index (χ3n) is 6.57. The van der Waals surface area contributed by atoms with Crippen molar-refractivity contribution in [1.82, 2.24) is 24.6 Å². The summed E-state index contributed by atoms with van der Waals surface area (Å²) in [4.78, 5) is 26.4. The van der Waals surface area contributed by atoms with E-state index in [1.54, 1.807) is 12.1 Å². The van der Waals surface area contributed by atoms with E-state index in [0.29, 0.717) is 12.1 Å². The first kappa shape index (κ1) is 21.6. The maximum Gasteiger partial charge on any atom is 0.227 e. The Morgan fingerprint density at radius 3 is 2.82 bits per heavy atom. The zero-order valence-corrected chi connectivity index (χ0v) is 19.0. The molecule has 4 heterocycles. The van der Waals surface area contributed by atoms with Crippen LogP contribution in [-0.2, 0) is 18.3 Å². The first-order valence-electron chi connectivity index (χ1n) is 11.7. The van der Waals surface area contributed by atoms with Crippen molar-refractivity contribution >= 4 is 11.9 Å². The quantitative estimate of drug-likeness (QED) is 0.597. The van der Waals surface area contributed by atoms with Gasteiger partial charge >= 0.3 is 0 Å². The van der Waals surface area contributed by atoms with E-state index in [9.17, 15) is 9.18 Å². The van der Waals surface area contributed by atoms with Gasteiger partial charge in [-0.15, -0.1) is 0 Å². The van der Waals surface area contributed by atoms with Gasteiger partial charge in [0.1, 0.15) is 5.82 Å². The highest BCUT2D eigenvalue weighted by molar-refractivity contribution is 5.79. The van der Waals surface area contributed by atoms with Gasteiger partial charge in [0.15, 0.2) is 0 Å². The van der Waals surface area contributed by atoms with E-state index < -0.39 is 0 Å². The first-order chi connectivity index (χ1) is 16.1. The molecule has 0 bridgehead atoms. The number of hydrogen-bond acceptors (Lipinski definition) is 5. The van der Waals surface area contributed by atoms with Gasteiger partial charge in [-0.3, -0.25) is 9.48 Å². The monoisotopic (exact) mass is 448 g/mol. The maximum absolute atomic E-state index is 13.5. The van der Waals surface area contributed by atoms with Crippen molar-refractivity contribution in [3.05, 3.63) is 59.8 Å². The molecule has 2 fully saturated rings. The number of hydrogen-bond donors (Lipinski definition) is 0. The highest BCUT2D eigenvalue weighted by Crippen LogP contribution is 2.33. The Morgan fingerprint density at radius 1 is 1.15 bits per heavy atom. The van der Waals surface area contributed by atoms with Crippen LogP contribution in [0.5, 0.6) is 0 Å². The van der Waals surface area contributed by atoms with Crippen LogP contribution in [0.4, 0.5) is 10.3 Å². The molecule has 3 aromatic rings. The number of aromatic nitrogens is 4. The summed E-state index contributed by atoms with van der Waals surface area (Å²) in [6.07, 6.45) is 8.28. The van der Waals surface area contributed by atoms with Gasteiger partial charge in [0.05, 0.1) is 17.8 Å². The van der Waals surface area contributed by atoms with Crippen LogP contribution >= 0.6 is 0 Å². The van der Waals surface area contributed by atoms with Crippen molar-refractivity contribution in [2.24, 2.45) is 7.05 Å². The molecular weight excluding hydrogens is 419 g/mol. The van der Waals surface area contributed by atoms with Gasteiger partial charge in [-0.25, -0.2) is 14.4 Å². The van der Waals surface area contributed by atoms with Gasteiger partial charge < -0.3 is 9.80 Å². The fraction of sp³-hybridized carbons (Fsp3) is 0.440. The lowest BCUT2D eigenvalue weighted by Gasteiger charge is -2.32. The molecule has 0 aliphatic carbocycles. The van der Waals surface area contributed by atoms with Crippen LogP contribution in [0.15, 0.2) is 42.7 Å². The Kier molecular flexibility index (Phi) is 6.07. The van der Waals surface area contributed by atoms with Crippen LogP contribution in [0, 0.1) is 5.82 Å². The number of rotatable bonds is 5. The lowest BCUT2D eigenvalue weighted by Crippen LogP contribution is -2.40. The van der Waals surface area contributed by atoms with Crippen LogP contribution in [0.1, 0.15) is 42.9 Å². The number of anilines is 1. The number of halogens is 1. The summed E-state index contributed by atoms with van der Waals surface area (Å²) in [5.74, 6) is 0.626. The minimum atomic E-state index is -0.312. The second-order valence-electron chi connectivity index (χ2n) is 9.02. The smallest absolute Gasteiger partial charge is 0.227 e. The molecule has 0 radical (unpaired) electrons. The SMILES string of the molecule is Cn1cc(-c2ccnc(N3CCCC3)n2)c([C@H]2CCCN(C(=O)Cc3cccc(F)c3)C2)n1. The Balaban J connectivity index is 1.36. The molecule has 33 heavy (non-hydrogen) atoms. The van der Waals surface area contributed by atoms with E-state index in [2.05, 4.69) is 9.88 Å². The third-order valence-corrected chi connectivity index (χ3v) is 6.57. The summed E-state index contributed by atoms with van der Waals surface area (Å²) in [5, 5.41) is 4.78. The van der Waals surface area contributed by atoms with Crippen LogP contribution in [0.3, 0.4) is 0 Å². The van der Waals surface area contributed by atoms with E-state index in [1.807, 2.05) is 35.1 Å². The number of aryl methyl sites for hydroxylation is 1. The molecule has 2 aliphatic heterocycles. The van der Waals surface area contributed by atoms with Crippen LogP contribution < -0.4 is 4.90 Å². The summed E-state index contributed by atoms with van der Waals surface area (Å²) in [7, 11) is 1.92. The average Bonchev–Trinajstić information content (AvgIpc) is 3.49. The fourth-order valence-corrected chi connectivity index (χ4v) is 4.93. The highest BCUT2D eigenvalue weighted by atomic mass is 19.1. The zero-order valence-electron chi connectivity index (χ0n) is 19.0. The Bertz CT molecular complexity index is 1140. The normalized spacial score (nSPS) is 18.7. The molecule has 2 saturated heterocycles. The lowest BCUT2D eigenvalue weighted by atomic mass is 9.91. The number of piperidine rings is 1. The van der Waals surface area contributed by atoms with E-state index >= 15 is 0 Å². The number of carbonyl (C=O) groups excluding carboxylic acids is 1. The fourth-order valence-electron chi connectivity index (χ4n) is 4.93. The van der Waals surface area contributed by atoms with Crippen LogP contribution in [0.2, 0.25) is 0 Å². The maximum atomic E-state index is 13.5. The standard InChI is InChI=1S/C25H29FN6O/c1-30-17-21(22-9-10-27-25(28-22)31-11-2-3-12-31)24(29-30)19-7-5-13-32(16-19)23(33)15-18-6-4-8-20(26)14-18/h4,6,8-10,14,17,19H,2-3,5,7,11-13,15-16H2,1H3/t19-/m0/s1. The molecule has 7 nitrogen and oxygen atoms in total. The molecule has 0 saturated carbocycles. The predicted octanol–water partition coefficient (Wildman–Crippen LogP) is 3.57. The van der Waals surface area contributed by atoms with Crippen molar-refractivity contribution in [3.8, 4) is 11.3 Å². The highest BCUT2D eigenvalue weighted by Gasteiger charge is 2.29. The van der Waals surface area contributed by atoms with Crippen molar-refractivity contribution in [2.45, 2.75) is 38.0 Å². The first-order valence-corrected chi connectivity index (χ1v) is 11.7. The van der Waals surface area contributed by atoms with Crippen molar-refractivity contribution in [3.63, 3.8) is 0 Å². The summed E-state index contributed by atoms with van der Waals surface area (Å²) in [6, 6.07) is 8.22. The molecule has 0 spiro atoms. The molecule has 2 aromatic heterocycles. The molecule has 172 valence electrons. The van der Waals surface area contributed by atoms with E-state index in [-0.39, 0.29) is 24.1 Å². The number of likely N-dealkylation sites (tertiary alicyclic amines) is 1. The predicted molar refractivity (Wildman–Crippen MR) is 124 cm³/mol. The van der Waals surface area contributed by atoms with Gasteiger partial charge in [0.2, 0.25) is 11.9 Å². The number of nitrogens with zero attached hydrogens (tertiary/aromatic N) is 6. The molecule has 8 heteroatoms. The van der Waals surface area contributed by atoms with Crippen molar-refractivity contribution in [1.29, 1.82) is 0 Å². The van der Waals surface area contributed by atoms with Gasteiger partial charge in [-0.1, -0.05) is 12.1 Å². The number of carbonyl (C=O) groups is 1. The second kappa shape index (κ2) is 9.29. The minimum absolute atomic E-state index is 0.0288. The topological polar surface area (TPSA) is 67.2 Å². The molecular formula is C25H29FN6O. The zero-order chi connectivity index (χ0) is 22.8. The molecule has 0 unspecified atom stereocenters.